The van der Waals surface area contributed by atoms with E-state index in [9.17, 15) is 0 Å². The summed E-state index contributed by atoms with van der Waals surface area (Å²) in [4.78, 5) is 0. The standard InChI is InChI=1S/C28H54O11Si6/c1-11-21-25-29-40(15-5)33-41(16-6,30-26-22-12-2)36-45(20-10)38-43(18-8,32-28-24-14-4)34-42(17-7,31-27-23-13-3)37-44(19-9,35-40)39-45/h15-20H,5-14,21-28H2,1-4H3. The normalized spacial score (nSPS) is 35.2. The first kappa shape index (κ1) is 40.5. The van der Waals surface area contributed by atoms with Crippen LogP contribution in [0.3, 0.4) is 0 Å². The maximum atomic E-state index is 6.88. The molecule has 2 fully saturated rings. The van der Waals surface area contributed by atoms with Crippen molar-refractivity contribution in [3.05, 3.63) is 73.7 Å². The molecule has 4 atom stereocenters. The lowest BCUT2D eigenvalue weighted by molar-refractivity contribution is 0.0204. The van der Waals surface area contributed by atoms with Crippen LogP contribution in [0.5, 0.6) is 0 Å². The van der Waals surface area contributed by atoms with Crippen LogP contribution >= 0.6 is 0 Å². The molecule has 0 aliphatic carbocycles. The van der Waals surface area contributed by atoms with Crippen LogP contribution in [0.1, 0.15) is 79.1 Å². The largest absolute Gasteiger partial charge is 0.514 e. The van der Waals surface area contributed by atoms with Crippen LogP contribution in [-0.2, 0) is 46.5 Å². The molecule has 4 unspecified atom stereocenters. The van der Waals surface area contributed by atoms with E-state index in [-0.39, 0.29) is 0 Å². The van der Waals surface area contributed by atoms with Gasteiger partial charge in [0, 0.05) is 26.4 Å². The molecule has 256 valence electrons. The van der Waals surface area contributed by atoms with Crippen LogP contribution in [0, 0.1) is 0 Å². The first-order valence-corrected chi connectivity index (χ1v) is 26.7. The Morgan fingerprint density at radius 2 is 0.622 bits per heavy atom. The molecule has 45 heavy (non-hydrogen) atoms. The highest BCUT2D eigenvalue weighted by atomic mass is 28.6. The first-order chi connectivity index (χ1) is 21.6. The molecule has 0 aromatic heterocycles. The Hall–Kier alpha value is -0.699. The van der Waals surface area contributed by atoms with Gasteiger partial charge in [-0.15, -0.1) is 13.2 Å². The third kappa shape index (κ3) is 10.6. The Morgan fingerprint density at radius 1 is 0.378 bits per heavy atom. The van der Waals surface area contributed by atoms with E-state index in [0.29, 0.717) is 26.4 Å². The minimum atomic E-state index is -4.18. The van der Waals surface area contributed by atoms with Gasteiger partial charge in [-0.1, -0.05) is 79.7 Å². The zero-order valence-electron chi connectivity index (χ0n) is 27.7. The van der Waals surface area contributed by atoms with Crippen molar-refractivity contribution in [3.8, 4) is 0 Å². The number of hydrogen-bond acceptors (Lipinski definition) is 11. The van der Waals surface area contributed by atoms with E-state index in [1.165, 1.54) is 34.2 Å². The van der Waals surface area contributed by atoms with Gasteiger partial charge in [0.15, 0.2) is 0 Å². The third-order valence-corrected chi connectivity index (χ3v) is 28.1. The molecule has 0 radical (unpaired) electrons. The van der Waals surface area contributed by atoms with Crippen molar-refractivity contribution in [1.82, 2.24) is 0 Å². The van der Waals surface area contributed by atoms with Crippen molar-refractivity contribution >= 4 is 52.8 Å². The van der Waals surface area contributed by atoms with Crippen LogP contribution in [0.15, 0.2) is 73.7 Å². The van der Waals surface area contributed by atoms with Crippen molar-refractivity contribution in [2.75, 3.05) is 26.4 Å². The van der Waals surface area contributed by atoms with Crippen LogP contribution in [0.25, 0.3) is 0 Å². The number of unbranched alkanes of at least 4 members (excludes halogenated alkanes) is 4. The molecule has 17 heteroatoms. The van der Waals surface area contributed by atoms with Gasteiger partial charge in [-0.25, -0.2) is 0 Å². The summed E-state index contributed by atoms with van der Waals surface area (Å²) in [5.74, 6) is 0. The van der Waals surface area contributed by atoms with Crippen LogP contribution < -0.4 is 0 Å². The van der Waals surface area contributed by atoms with Gasteiger partial charge in [-0.05, 0) is 59.9 Å². The maximum absolute atomic E-state index is 6.88. The molecule has 2 saturated heterocycles. The maximum Gasteiger partial charge on any atom is 0.514 e. The quantitative estimate of drug-likeness (QED) is 0.0915. The van der Waals surface area contributed by atoms with Gasteiger partial charge in [0.2, 0.25) is 0 Å². The highest BCUT2D eigenvalue weighted by Crippen LogP contribution is 2.41. The second kappa shape index (κ2) is 18.7. The van der Waals surface area contributed by atoms with E-state index in [0.717, 1.165) is 51.4 Å². The van der Waals surface area contributed by atoms with Crippen molar-refractivity contribution < 1.29 is 46.5 Å². The molecule has 11 nitrogen and oxygen atoms in total. The minimum Gasteiger partial charge on any atom is -0.371 e. The summed E-state index contributed by atoms with van der Waals surface area (Å²) in [6, 6.07) is 0. The van der Waals surface area contributed by atoms with Gasteiger partial charge in [0.1, 0.15) is 0 Å². The van der Waals surface area contributed by atoms with E-state index in [1.54, 1.807) is 0 Å². The van der Waals surface area contributed by atoms with Gasteiger partial charge < -0.3 is 46.5 Å². The fourth-order valence-electron chi connectivity index (χ4n) is 4.09. The van der Waals surface area contributed by atoms with Gasteiger partial charge in [0.05, 0.1) is 0 Å². The number of rotatable bonds is 22. The average Bonchev–Trinajstić information content (AvgIpc) is 3.03. The predicted octanol–water partition coefficient (Wildman–Crippen LogP) is 6.38. The molecule has 0 aromatic carbocycles. The molecule has 2 bridgehead atoms. The fourth-order valence-corrected chi connectivity index (χ4v) is 29.3. The lowest BCUT2D eigenvalue weighted by Gasteiger charge is -2.51. The number of hydrogen-bond donors (Lipinski definition) is 0. The van der Waals surface area contributed by atoms with Crippen LogP contribution in [0.4, 0.5) is 0 Å². The van der Waals surface area contributed by atoms with Crippen molar-refractivity contribution in [2.45, 2.75) is 79.1 Å². The van der Waals surface area contributed by atoms with E-state index in [1.807, 2.05) is 0 Å². The molecule has 2 rings (SSSR count). The molecule has 2 aliphatic rings. The molecule has 0 amide bonds. The molecular formula is C28H54O11Si6. The Balaban J connectivity index is 2.88. The molecule has 0 spiro atoms. The fraction of sp³-hybridized carbons (Fsp3) is 0.571. The van der Waals surface area contributed by atoms with Gasteiger partial charge in [-0.2, -0.15) is 0 Å². The highest BCUT2D eigenvalue weighted by Gasteiger charge is 2.72. The molecule has 2 aliphatic heterocycles. The summed E-state index contributed by atoms with van der Waals surface area (Å²) in [6.07, 6.45) is 6.48. The Labute approximate surface area is 277 Å². The molecule has 0 N–H and O–H groups in total. The Bertz CT molecular complexity index is 872. The van der Waals surface area contributed by atoms with E-state index >= 15 is 0 Å². The summed E-state index contributed by atoms with van der Waals surface area (Å²) in [7, 11) is -24.0. The zero-order chi connectivity index (χ0) is 33.5. The van der Waals surface area contributed by atoms with Crippen molar-refractivity contribution in [3.63, 3.8) is 0 Å². The second-order valence-electron chi connectivity index (χ2n) is 10.4. The molecule has 2 heterocycles. The number of fused-ring (bicyclic) bond motifs is 2. The summed E-state index contributed by atoms with van der Waals surface area (Å²) in [6.45, 7) is 33.8. The summed E-state index contributed by atoms with van der Waals surface area (Å²) in [5, 5.41) is 0. The van der Waals surface area contributed by atoms with E-state index in [2.05, 4.69) is 67.2 Å². The monoisotopic (exact) mass is 734 g/mol. The lowest BCUT2D eigenvalue weighted by atomic mass is 10.4. The van der Waals surface area contributed by atoms with E-state index < -0.39 is 52.8 Å². The molecule has 0 aromatic rings. The van der Waals surface area contributed by atoms with Crippen molar-refractivity contribution in [2.24, 2.45) is 0 Å². The van der Waals surface area contributed by atoms with Crippen LogP contribution in [0.2, 0.25) is 0 Å². The topological polar surface area (TPSA) is 102 Å². The average molecular weight is 735 g/mol. The minimum absolute atomic E-state index is 0.318. The second-order valence-corrected chi connectivity index (χ2v) is 26.9. The summed E-state index contributed by atoms with van der Waals surface area (Å²) < 4.78 is 73.4. The third-order valence-electron chi connectivity index (χ3n) is 6.70. The predicted molar refractivity (Wildman–Crippen MR) is 187 cm³/mol. The summed E-state index contributed by atoms with van der Waals surface area (Å²) in [5.41, 5.74) is 8.98. The zero-order valence-corrected chi connectivity index (χ0v) is 33.7. The van der Waals surface area contributed by atoms with Gasteiger partial charge >= 0.3 is 52.8 Å². The summed E-state index contributed by atoms with van der Waals surface area (Å²) >= 11 is 0. The Morgan fingerprint density at radius 3 is 0.800 bits per heavy atom. The smallest absolute Gasteiger partial charge is 0.371 e. The Kier molecular flexibility index (Phi) is 16.9. The van der Waals surface area contributed by atoms with Gasteiger partial charge in [0.25, 0.3) is 0 Å². The van der Waals surface area contributed by atoms with Gasteiger partial charge in [-0.3, -0.25) is 0 Å². The molecule has 0 saturated carbocycles. The lowest BCUT2D eigenvalue weighted by Crippen LogP contribution is -2.78. The first-order valence-electron chi connectivity index (χ1n) is 15.8. The van der Waals surface area contributed by atoms with E-state index in [4.69, 9.17) is 46.5 Å². The SMILES string of the molecule is C=C[Si]1(OCCCC)O[Si](C=C)(OCCCC)O[Si]2(C=C)O[Si](C=C)(OCCCC)O[Si](C=C)(OCCCC)O[Si](C=C)(O1)O2. The molecular weight excluding hydrogens is 681 g/mol. The highest BCUT2D eigenvalue weighted by molar-refractivity contribution is 6.99. The van der Waals surface area contributed by atoms with Crippen LogP contribution in [-0.4, -0.2) is 79.3 Å². The van der Waals surface area contributed by atoms with Crippen molar-refractivity contribution in [1.29, 1.82) is 0 Å².